The number of amides is 1. The highest BCUT2D eigenvalue weighted by molar-refractivity contribution is 5.93. The Labute approximate surface area is 95.7 Å². The van der Waals surface area contributed by atoms with Gasteiger partial charge < -0.3 is 10.0 Å². The molecule has 17 heavy (non-hydrogen) atoms. The standard InChI is InChI=1S/C10H12F3NO3/c11-10(12,13)7-3-5-14(6-4-7)8(15)1-2-9(16)17/h1-2,7H,3-6H2,(H,16,17). The Hall–Kier alpha value is -1.53. The van der Waals surface area contributed by atoms with Crippen LogP contribution in [0.1, 0.15) is 12.8 Å². The van der Waals surface area contributed by atoms with E-state index in [0.29, 0.717) is 6.08 Å². The van der Waals surface area contributed by atoms with Crippen molar-refractivity contribution in [3.63, 3.8) is 0 Å². The normalized spacial score (nSPS) is 18.6. The summed E-state index contributed by atoms with van der Waals surface area (Å²) in [5, 5.41) is 8.30. The molecule has 1 heterocycles. The fourth-order valence-electron chi connectivity index (χ4n) is 1.68. The second kappa shape index (κ2) is 5.20. The molecule has 0 atom stereocenters. The van der Waals surface area contributed by atoms with Crippen LogP contribution in [0.3, 0.4) is 0 Å². The van der Waals surface area contributed by atoms with Gasteiger partial charge in [-0.2, -0.15) is 13.2 Å². The summed E-state index contributed by atoms with van der Waals surface area (Å²) in [6, 6.07) is 0. The van der Waals surface area contributed by atoms with Gasteiger partial charge in [0.1, 0.15) is 0 Å². The first-order chi connectivity index (χ1) is 7.80. The molecular weight excluding hydrogens is 239 g/mol. The average molecular weight is 251 g/mol. The van der Waals surface area contributed by atoms with Gasteiger partial charge >= 0.3 is 12.1 Å². The lowest BCUT2D eigenvalue weighted by Crippen LogP contribution is -2.41. The van der Waals surface area contributed by atoms with Gasteiger partial charge in [0.2, 0.25) is 5.91 Å². The quantitative estimate of drug-likeness (QED) is 0.755. The summed E-state index contributed by atoms with van der Waals surface area (Å²) in [5.74, 6) is -3.19. The van der Waals surface area contributed by atoms with Gasteiger partial charge in [-0.3, -0.25) is 4.79 Å². The van der Waals surface area contributed by atoms with Crippen LogP contribution in [0, 0.1) is 5.92 Å². The van der Waals surface area contributed by atoms with Crippen molar-refractivity contribution in [1.29, 1.82) is 0 Å². The van der Waals surface area contributed by atoms with E-state index in [0.717, 1.165) is 6.08 Å². The van der Waals surface area contributed by atoms with Crippen molar-refractivity contribution in [1.82, 2.24) is 4.90 Å². The number of aliphatic carboxylic acids is 1. The average Bonchev–Trinajstić information content (AvgIpc) is 2.25. The van der Waals surface area contributed by atoms with Crippen LogP contribution in [0.4, 0.5) is 13.2 Å². The predicted octanol–water partition coefficient (Wildman–Crippen LogP) is 1.43. The summed E-state index contributed by atoms with van der Waals surface area (Å²) in [5.41, 5.74) is 0. The second-order valence-corrected chi connectivity index (χ2v) is 3.81. The molecule has 1 aliphatic heterocycles. The molecule has 1 saturated heterocycles. The largest absolute Gasteiger partial charge is 0.478 e. The van der Waals surface area contributed by atoms with E-state index in [2.05, 4.69) is 0 Å². The molecule has 0 bridgehead atoms. The number of hydrogen-bond acceptors (Lipinski definition) is 2. The van der Waals surface area contributed by atoms with Crippen LogP contribution in [0.5, 0.6) is 0 Å². The molecule has 1 amide bonds. The number of carbonyl (C=O) groups excluding carboxylic acids is 1. The maximum Gasteiger partial charge on any atom is 0.391 e. The van der Waals surface area contributed by atoms with E-state index in [4.69, 9.17) is 5.11 Å². The highest BCUT2D eigenvalue weighted by Crippen LogP contribution is 2.34. The molecule has 1 fully saturated rings. The smallest absolute Gasteiger partial charge is 0.391 e. The molecule has 0 unspecified atom stereocenters. The van der Waals surface area contributed by atoms with Crippen molar-refractivity contribution in [2.75, 3.05) is 13.1 Å². The number of likely N-dealkylation sites (tertiary alicyclic amines) is 1. The number of piperidine rings is 1. The lowest BCUT2D eigenvalue weighted by atomic mass is 9.96. The van der Waals surface area contributed by atoms with Gasteiger partial charge in [-0.15, -0.1) is 0 Å². The monoisotopic (exact) mass is 251 g/mol. The fourth-order valence-corrected chi connectivity index (χ4v) is 1.68. The Morgan fingerprint density at radius 3 is 2.12 bits per heavy atom. The van der Waals surface area contributed by atoms with E-state index in [-0.39, 0.29) is 25.9 Å². The van der Waals surface area contributed by atoms with E-state index >= 15 is 0 Å². The van der Waals surface area contributed by atoms with Gasteiger partial charge in [-0.25, -0.2) is 4.79 Å². The van der Waals surface area contributed by atoms with Crippen molar-refractivity contribution in [2.24, 2.45) is 5.92 Å². The van der Waals surface area contributed by atoms with Gasteiger partial charge in [0.05, 0.1) is 5.92 Å². The zero-order chi connectivity index (χ0) is 13.1. The van der Waals surface area contributed by atoms with E-state index in [9.17, 15) is 22.8 Å². The summed E-state index contributed by atoms with van der Waals surface area (Å²) in [6.45, 7) is 0.0138. The molecule has 0 spiro atoms. The van der Waals surface area contributed by atoms with Crippen LogP contribution in [0.25, 0.3) is 0 Å². The SMILES string of the molecule is O=C(O)C=CC(=O)N1CCC(C(F)(F)F)CC1. The number of rotatable bonds is 2. The summed E-state index contributed by atoms with van der Waals surface area (Å²) in [4.78, 5) is 22.7. The lowest BCUT2D eigenvalue weighted by molar-refractivity contribution is -0.186. The number of nitrogens with zero attached hydrogens (tertiary/aromatic N) is 1. The lowest BCUT2D eigenvalue weighted by Gasteiger charge is -2.32. The highest BCUT2D eigenvalue weighted by Gasteiger charge is 2.41. The van der Waals surface area contributed by atoms with Crippen LogP contribution in [0.15, 0.2) is 12.2 Å². The summed E-state index contributed by atoms with van der Waals surface area (Å²) in [6.07, 6.45) is -2.94. The maximum absolute atomic E-state index is 12.3. The molecule has 0 aromatic heterocycles. The number of hydrogen-bond donors (Lipinski definition) is 1. The highest BCUT2D eigenvalue weighted by atomic mass is 19.4. The molecule has 0 radical (unpaired) electrons. The van der Waals surface area contributed by atoms with Gasteiger partial charge in [-0.05, 0) is 12.8 Å². The molecule has 4 nitrogen and oxygen atoms in total. The molecule has 1 N–H and O–H groups in total. The molecule has 0 aromatic rings. The topological polar surface area (TPSA) is 57.6 Å². The third-order valence-electron chi connectivity index (χ3n) is 2.64. The number of carboxylic acids is 1. The van der Waals surface area contributed by atoms with Gasteiger partial charge in [0.25, 0.3) is 0 Å². The Morgan fingerprint density at radius 2 is 1.71 bits per heavy atom. The van der Waals surface area contributed by atoms with Crippen molar-refractivity contribution in [3.8, 4) is 0 Å². The number of carboxylic acid groups (broad SMARTS) is 1. The van der Waals surface area contributed by atoms with Crippen LogP contribution in [0.2, 0.25) is 0 Å². The molecule has 0 aliphatic carbocycles. The Kier molecular flexibility index (Phi) is 4.14. The van der Waals surface area contributed by atoms with Crippen molar-refractivity contribution < 1.29 is 27.9 Å². The number of halogens is 3. The van der Waals surface area contributed by atoms with E-state index < -0.39 is 24.0 Å². The van der Waals surface area contributed by atoms with Crippen molar-refractivity contribution >= 4 is 11.9 Å². The van der Waals surface area contributed by atoms with Crippen molar-refractivity contribution in [2.45, 2.75) is 19.0 Å². The summed E-state index contributed by atoms with van der Waals surface area (Å²) < 4.78 is 37.0. The number of carbonyl (C=O) groups is 2. The zero-order valence-electron chi connectivity index (χ0n) is 8.91. The molecular formula is C10H12F3NO3. The summed E-state index contributed by atoms with van der Waals surface area (Å²) in [7, 11) is 0. The van der Waals surface area contributed by atoms with Gasteiger partial charge in [0, 0.05) is 25.2 Å². The molecule has 0 saturated carbocycles. The first kappa shape index (κ1) is 13.5. The minimum Gasteiger partial charge on any atom is -0.478 e. The molecule has 1 rings (SSSR count). The zero-order valence-corrected chi connectivity index (χ0v) is 8.91. The van der Waals surface area contributed by atoms with Crippen LogP contribution in [-0.4, -0.2) is 41.1 Å². The van der Waals surface area contributed by atoms with Gasteiger partial charge in [-0.1, -0.05) is 0 Å². The molecule has 96 valence electrons. The Morgan fingerprint density at radius 1 is 1.18 bits per heavy atom. The Bertz CT molecular complexity index is 330. The fraction of sp³-hybridized carbons (Fsp3) is 0.600. The molecule has 1 aliphatic rings. The predicted molar refractivity (Wildman–Crippen MR) is 52.1 cm³/mol. The first-order valence-electron chi connectivity index (χ1n) is 5.07. The van der Waals surface area contributed by atoms with E-state index in [1.807, 2.05) is 0 Å². The summed E-state index contributed by atoms with van der Waals surface area (Å²) >= 11 is 0. The molecule has 7 heteroatoms. The first-order valence-corrected chi connectivity index (χ1v) is 5.07. The van der Waals surface area contributed by atoms with Gasteiger partial charge in [0.15, 0.2) is 0 Å². The minimum absolute atomic E-state index is 0.00691. The second-order valence-electron chi connectivity index (χ2n) is 3.81. The third-order valence-corrected chi connectivity index (χ3v) is 2.64. The number of alkyl halides is 3. The van der Waals surface area contributed by atoms with Crippen LogP contribution < -0.4 is 0 Å². The van der Waals surface area contributed by atoms with E-state index in [1.165, 1.54) is 4.90 Å². The van der Waals surface area contributed by atoms with Crippen LogP contribution in [-0.2, 0) is 9.59 Å². The minimum atomic E-state index is -4.22. The molecule has 0 aromatic carbocycles. The van der Waals surface area contributed by atoms with Crippen molar-refractivity contribution in [3.05, 3.63) is 12.2 Å². The van der Waals surface area contributed by atoms with Crippen LogP contribution >= 0.6 is 0 Å². The third kappa shape index (κ3) is 4.08. The maximum atomic E-state index is 12.3. The van der Waals surface area contributed by atoms with E-state index in [1.54, 1.807) is 0 Å². The Balaban J connectivity index is 2.47.